The van der Waals surface area contributed by atoms with Crippen LogP contribution >= 0.6 is 15.9 Å². The summed E-state index contributed by atoms with van der Waals surface area (Å²) in [5.74, 6) is -0.281. The Morgan fingerprint density at radius 1 is 1.32 bits per heavy atom. The second-order valence-electron chi connectivity index (χ2n) is 5.04. The van der Waals surface area contributed by atoms with E-state index in [2.05, 4.69) is 21.2 Å². The largest absolute Gasteiger partial charge is 0.393 e. The van der Waals surface area contributed by atoms with Gasteiger partial charge in [-0.2, -0.15) is 0 Å². The summed E-state index contributed by atoms with van der Waals surface area (Å²) in [6.45, 7) is 0.583. The van der Waals surface area contributed by atoms with Crippen LogP contribution in [0.2, 0.25) is 0 Å². The van der Waals surface area contributed by atoms with E-state index in [1.165, 1.54) is 12.1 Å². The molecule has 0 radical (unpaired) electrons. The van der Waals surface area contributed by atoms with E-state index >= 15 is 0 Å². The van der Waals surface area contributed by atoms with Crippen molar-refractivity contribution in [3.8, 4) is 0 Å². The molecule has 5 heteroatoms. The average molecular weight is 330 g/mol. The molecule has 1 aliphatic rings. The molecule has 1 fully saturated rings. The summed E-state index contributed by atoms with van der Waals surface area (Å²) in [6.07, 6.45) is 3.26. The van der Waals surface area contributed by atoms with Crippen molar-refractivity contribution < 1.29 is 14.3 Å². The van der Waals surface area contributed by atoms with Crippen LogP contribution < -0.4 is 5.32 Å². The van der Waals surface area contributed by atoms with Crippen molar-refractivity contribution in [1.82, 2.24) is 5.32 Å². The second kappa shape index (κ2) is 6.48. The first kappa shape index (κ1) is 14.5. The predicted octanol–water partition coefficient (Wildman–Crippen LogP) is 2.87. The smallest absolute Gasteiger partial charge is 0.251 e. The van der Waals surface area contributed by atoms with Gasteiger partial charge in [0.15, 0.2) is 0 Å². The van der Waals surface area contributed by atoms with Crippen LogP contribution in [-0.2, 0) is 0 Å². The quantitative estimate of drug-likeness (QED) is 0.895. The molecule has 104 valence electrons. The molecular formula is C14H17BrFNO2. The van der Waals surface area contributed by atoms with Gasteiger partial charge in [0.05, 0.1) is 6.10 Å². The molecule has 1 aromatic carbocycles. The Balaban J connectivity index is 1.87. The number of rotatable bonds is 3. The maximum absolute atomic E-state index is 13.2. The highest BCUT2D eigenvalue weighted by atomic mass is 79.9. The zero-order chi connectivity index (χ0) is 13.8. The Morgan fingerprint density at radius 2 is 2.00 bits per heavy atom. The molecule has 2 rings (SSSR count). The van der Waals surface area contributed by atoms with Crippen LogP contribution in [-0.4, -0.2) is 23.7 Å². The molecule has 19 heavy (non-hydrogen) atoms. The average Bonchev–Trinajstić information content (AvgIpc) is 2.36. The number of nitrogens with one attached hydrogen (secondary N) is 1. The Labute approximate surface area is 120 Å². The summed E-state index contributed by atoms with van der Waals surface area (Å²) in [6, 6.07) is 4.15. The third kappa shape index (κ3) is 4.28. The Kier molecular flexibility index (Phi) is 4.93. The molecule has 2 N–H and O–H groups in total. The van der Waals surface area contributed by atoms with Gasteiger partial charge in [0.1, 0.15) is 5.82 Å². The summed E-state index contributed by atoms with van der Waals surface area (Å²) in [5.41, 5.74) is 0.322. The third-order valence-corrected chi connectivity index (χ3v) is 3.95. The van der Waals surface area contributed by atoms with Crippen LogP contribution in [0.5, 0.6) is 0 Å². The Morgan fingerprint density at radius 3 is 2.63 bits per heavy atom. The lowest BCUT2D eigenvalue weighted by Gasteiger charge is -2.25. The van der Waals surface area contributed by atoms with Crippen LogP contribution in [0.25, 0.3) is 0 Å². The first-order chi connectivity index (χ1) is 9.04. The lowest BCUT2D eigenvalue weighted by Crippen LogP contribution is -2.32. The van der Waals surface area contributed by atoms with Gasteiger partial charge in [-0.1, -0.05) is 15.9 Å². The van der Waals surface area contributed by atoms with E-state index in [0.29, 0.717) is 22.5 Å². The van der Waals surface area contributed by atoms with E-state index in [-0.39, 0.29) is 12.0 Å². The van der Waals surface area contributed by atoms with Crippen LogP contribution in [0.4, 0.5) is 4.39 Å². The van der Waals surface area contributed by atoms with Crippen LogP contribution in [0.3, 0.4) is 0 Å². The highest BCUT2D eigenvalue weighted by molar-refractivity contribution is 9.10. The molecule has 1 aromatic rings. The molecule has 3 nitrogen and oxygen atoms in total. The summed E-state index contributed by atoms with van der Waals surface area (Å²) >= 11 is 3.17. The molecule has 0 aliphatic heterocycles. The monoisotopic (exact) mass is 329 g/mol. The predicted molar refractivity (Wildman–Crippen MR) is 74.4 cm³/mol. The number of carbonyl (C=O) groups is 1. The summed E-state index contributed by atoms with van der Waals surface area (Å²) in [4.78, 5) is 11.9. The van der Waals surface area contributed by atoms with Crippen molar-refractivity contribution in [2.45, 2.75) is 31.8 Å². The molecule has 0 heterocycles. The van der Waals surface area contributed by atoms with Gasteiger partial charge in [0.2, 0.25) is 0 Å². The Hall–Kier alpha value is -0.940. The maximum atomic E-state index is 13.2. The first-order valence-electron chi connectivity index (χ1n) is 6.47. The van der Waals surface area contributed by atoms with E-state index < -0.39 is 5.82 Å². The van der Waals surface area contributed by atoms with Gasteiger partial charge in [-0.15, -0.1) is 0 Å². The SMILES string of the molecule is O=C(NCC1CCC(O)CC1)c1cc(F)cc(Br)c1. The minimum atomic E-state index is -0.430. The number of hydrogen-bond donors (Lipinski definition) is 2. The lowest BCUT2D eigenvalue weighted by atomic mass is 9.87. The van der Waals surface area contributed by atoms with E-state index in [1.54, 1.807) is 6.07 Å². The zero-order valence-corrected chi connectivity index (χ0v) is 12.1. The molecule has 0 bridgehead atoms. The minimum absolute atomic E-state index is 0.189. The number of halogens is 2. The van der Waals surface area contributed by atoms with Crippen LogP contribution in [0.1, 0.15) is 36.0 Å². The zero-order valence-electron chi connectivity index (χ0n) is 10.5. The third-order valence-electron chi connectivity index (χ3n) is 3.49. The summed E-state index contributed by atoms with van der Waals surface area (Å²) < 4.78 is 13.7. The number of aliphatic hydroxyl groups excluding tert-OH is 1. The molecule has 0 aromatic heterocycles. The minimum Gasteiger partial charge on any atom is -0.393 e. The molecule has 1 saturated carbocycles. The molecular weight excluding hydrogens is 313 g/mol. The first-order valence-corrected chi connectivity index (χ1v) is 7.26. The van der Waals surface area contributed by atoms with Gasteiger partial charge in [0.25, 0.3) is 5.91 Å². The van der Waals surface area contributed by atoms with E-state index in [9.17, 15) is 14.3 Å². The van der Waals surface area contributed by atoms with Crippen molar-refractivity contribution in [2.75, 3.05) is 6.54 Å². The highest BCUT2D eigenvalue weighted by Gasteiger charge is 2.20. The number of aliphatic hydroxyl groups is 1. The van der Waals surface area contributed by atoms with Crippen molar-refractivity contribution in [1.29, 1.82) is 0 Å². The van der Waals surface area contributed by atoms with Gasteiger partial charge in [-0.3, -0.25) is 4.79 Å². The number of benzene rings is 1. The molecule has 1 aliphatic carbocycles. The van der Waals surface area contributed by atoms with E-state index in [0.717, 1.165) is 25.7 Å². The van der Waals surface area contributed by atoms with Gasteiger partial charge in [-0.25, -0.2) is 4.39 Å². The standard InChI is InChI=1S/C14H17BrFNO2/c15-11-5-10(6-12(16)7-11)14(19)17-8-9-1-3-13(18)4-2-9/h5-7,9,13,18H,1-4,8H2,(H,17,19). The normalized spacial score (nSPS) is 23.1. The molecule has 0 saturated heterocycles. The van der Waals surface area contributed by atoms with E-state index in [1.807, 2.05) is 0 Å². The second-order valence-corrected chi connectivity index (χ2v) is 5.96. The van der Waals surface area contributed by atoms with Crippen molar-refractivity contribution >= 4 is 21.8 Å². The van der Waals surface area contributed by atoms with Crippen LogP contribution in [0, 0.1) is 11.7 Å². The number of carbonyl (C=O) groups excluding carboxylic acids is 1. The molecule has 1 amide bonds. The van der Waals surface area contributed by atoms with Crippen LogP contribution in [0.15, 0.2) is 22.7 Å². The van der Waals surface area contributed by atoms with Crippen molar-refractivity contribution in [3.05, 3.63) is 34.1 Å². The van der Waals surface area contributed by atoms with Gasteiger partial charge < -0.3 is 10.4 Å². The van der Waals surface area contributed by atoms with Gasteiger partial charge in [0, 0.05) is 16.6 Å². The fourth-order valence-electron chi connectivity index (χ4n) is 2.37. The summed E-state index contributed by atoms with van der Waals surface area (Å²) in [7, 11) is 0. The Bertz CT molecular complexity index is 439. The van der Waals surface area contributed by atoms with Crippen molar-refractivity contribution in [3.63, 3.8) is 0 Å². The summed E-state index contributed by atoms with van der Waals surface area (Å²) in [5, 5.41) is 12.2. The maximum Gasteiger partial charge on any atom is 0.251 e. The van der Waals surface area contributed by atoms with Crippen molar-refractivity contribution in [2.24, 2.45) is 5.92 Å². The fraction of sp³-hybridized carbons (Fsp3) is 0.500. The highest BCUT2D eigenvalue weighted by Crippen LogP contribution is 2.23. The molecule has 0 unspecified atom stereocenters. The molecule has 0 spiro atoms. The molecule has 0 atom stereocenters. The van der Waals surface area contributed by atoms with E-state index in [4.69, 9.17) is 0 Å². The lowest BCUT2D eigenvalue weighted by molar-refractivity contribution is 0.0910. The van der Waals surface area contributed by atoms with Gasteiger partial charge in [-0.05, 0) is 49.8 Å². The fourth-order valence-corrected chi connectivity index (χ4v) is 2.84. The van der Waals surface area contributed by atoms with Gasteiger partial charge >= 0.3 is 0 Å². The topological polar surface area (TPSA) is 49.3 Å². The number of amides is 1. The number of hydrogen-bond acceptors (Lipinski definition) is 2.